The minimum absolute atomic E-state index is 0.104. The van der Waals surface area contributed by atoms with Crippen LogP contribution in [0.3, 0.4) is 0 Å². The Morgan fingerprint density at radius 3 is 2.35 bits per heavy atom. The number of rotatable bonds is 5. The van der Waals surface area contributed by atoms with Gasteiger partial charge in [0.1, 0.15) is 11.2 Å². The van der Waals surface area contributed by atoms with Gasteiger partial charge in [-0.25, -0.2) is 13.1 Å². The van der Waals surface area contributed by atoms with Crippen molar-refractivity contribution >= 4 is 27.4 Å². The first kappa shape index (κ1) is 14.2. The molecule has 1 atom stereocenters. The summed E-state index contributed by atoms with van der Waals surface area (Å²) in [6.07, 6.45) is 0. The molecule has 1 rings (SSSR count). The number of hydrogen-bond acceptors (Lipinski definition) is 3. The smallest absolute Gasteiger partial charge is 0.240 e. The van der Waals surface area contributed by atoms with Crippen molar-refractivity contribution in [3.8, 4) is 0 Å². The molecule has 0 saturated heterocycles. The van der Waals surface area contributed by atoms with Crippen LogP contribution in [-0.4, -0.2) is 26.1 Å². The van der Waals surface area contributed by atoms with E-state index in [-0.39, 0.29) is 17.2 Å². The van der Waals surface area contributed by atoms with Gasteiger partial charge in [-0.1, -0.05) is 17.7 Å². The number of carbonyl (C=O) groups excluding carboxylic acids is 1. The number of aryl methyl sites for hydroxylation is 1. The Balaban J connectivity index is 2.76. The second-order valence-electron chi connectivity index (χ2n) is 3.74. The minimum Gasteiger partial charge on any atom is -0.298 e. The van der Waals surface area contributed by atoms with Gasteiger partial charge in [0.05, 0.1) is 4.90 Å². The Labute approximate surface area is 106 Å². The van der Waals surface area contributed by atoms with Crippen LogP contribution in [-0.2, 0) is 14.8 Å². The highest BCUT2D eigenvalue weighted by Crippen LogP contribution is 2.10. The van der Waals surface area contributed by atoms with Gasteiger partial charge < -0.3 is 0 Å². The molecule has 94 valence electrons. The third-order valence-electron chi connectivity index (χ3n) is 2.22. The molecule has 0 radical (unpaired) electrons. The average molecular weight is 276 g/mol. The van der Waals surface area contributed by atoms with Crippen LogP contribution in [0.5, 0.6) is 0 Å². The molecular weight excluding hydrogens is 262 g/mol. The number of benzene rings is 1. The Bertz CT molecular complexity index is 496. The fraction of sp³-hybridized carbons (Fsp3) is 0.364. The van der Waals surface area contributed by atoms with Crippen LogP contribution in [0, 0.1) is 6.92 Å². The fourth-order valence-electron chi connectivity index (χ4n) is 1.13. The minimum atomic E-state index is -3.59. The molecule has 0 saturated carbocycles. The van der Waals surface area contributed by atoms with Crippen LogP contribution in [0.1, 0.15) is 12.5 Å². The summed E-state index contributed by atoms with van der Waals surface area (Å²) in [6.45, 7) is 3.08. The monoisotopic (exact) mass is 275 g/mol. The number of halogens is 1. The van der Waals surface area contributed by atoms with Gasteiger partial charge in [0.2, 0.25) is 10.0 Å². The molecule has 0 aliphatic carbocycles. The van der Waals surface area contributed by atoms with Crippen molar-refractivity contribution < 1.29 is 13.2 Å². The van der Waals surface area contributed by atoms with E-state index in [4.69, 9.17) is 11.6 Å². The van der Waals surface area contributed by atoms with Crippen molar-refractivity contribution in [1.82, 2.24) is 4.72 Å². The first-order valence-corrected chi connectivity index (χ1v) is 6.96. The van der Waals surface area contributed by atoms with Crippen molar-refractivity contribution in [1.29, 1.82) is 0 Å². The average Bonchev–Trinajstić information content (AvgIpc) is 2.26. The molecule has 1 N–H and O–H groups in total. The number of nitrogens with one attached hydrogen (secondary N) is 1. The number of ketones is 1. The highest BCUT2D eigenvalue weighted by molar-refractivity contribution is 7.89. The Morgan fingerprint density at radius 2 is 1.88 bits per heavy atom. The lowest BCUT2D eigenvalue weighted by Crippen LogP contribution is -2.32. The topological polar surface area (TPSA) is 63.2 Å². The molecular formula is C11H14ClNO3S. The molecule has 0 amide bonds. The summed E-state index contributed by atoms with van der Waals surface area (Å²) < 4.78 is 25.9. The lowest BCUT2D eigenvalue weighted by Gasteiger charge is -2.09. The van der Waals surface area contributed by atoms with Crippen LogP contribution < -0.4 is 4.72 Å². The predicted octanol–water partition coefficient (Wildman–Crippen LogP) is 1.47. The van der Waals surface area contributed by atoms with Crippen molar-refractivity contribution in [2.45, 2.75) is 24.1 Å². The number of hydrogen-bond donors (Lipinski definition) is 1. The molecule has 17 heavy (non-hydrogen) atoms. The standard InChI is InChI=1S/C11H14ClNO3S/c1-8-3-5-10(6-4-8)17(15,16)13-7-11(12)9(2)14/h3-6,11,13H,7H2,1-2H3/t11-/m1/s1. The van der Waals surface area contributed by atoms with Gasteiger partial charge in [-0.15, -0.1) is 11.6 Å². The lowest BCUT2D eigenvalue weighted by atomic mass is 10.2. The summed E-state index contributed by atoms with van der Waals surface area (Å²) >= 11 is 5.66. The molecule has 0 aliphatic heterocycles. The van der Waals surface area contributed by atoms with Crippen molar-refractivity contribution in [3.05, 3.63) is 29.8 Å². The molecule has 0 bridgehead atoms. The molecule has 0 heterocycles. The van der Waals surface area contributed by atoms with Crippen molar-refractivity contribution in [2.75, 3.05) is 6.54 Å². The highest BCUT2D eigenvalue weighted by atomic mass is 35.5. The van der Waals surface area contributed by atoms with E-state index in [0.717, 1.165) is 5.56 Å². The van der Waals surface area contributed by atoms with E-state index in [0.29, 0.717) is 0 Å². The summed E-state index contributed by atoms with van der Waals surface area (Å²) in [5.74, 6) is -0.265. The second kappa shape index (κ2) is 5.62. The molecule has 0 unspecified atom stereocenters. The number of alkyl halides is 1. The van der Waals surface area contributed by atoms with E-state index in [1.807, 2.05) is 6.92 Å². The third-order valence-corrected chi connectivity index (χ3v) is 4.13. The first-order valence-electron chi connectivity index (χ1n) is 5.04. The van der Waals surface area contributed by atoms with E-state index in [9.17, 15) is 13.2 Å². The Morgan fingerprint density at radius 1 is 1.35 bits per heavy atom. The second-order valence-corrected chi connectivity index (χ2v) is 6.04. The maximum Gasteiger partial charge on any atom is 0.240 e. The summed E-state index contributed by atoms with van der Waals surface area (Å²) in [5, 5.41) is -0.838. The zero-order valence-electron chi connectivity index (χ0n) is 9.60. The van der Waals surface area contributed by atoms with E-state index in [1.165, 1.54) is 19.1 Å². The van der Waals surface area contributed by atoms with Gasteiger partial charge >= 0.3 is 0 Å². The zero-order valence-corrected chi connectivity index (χ0v) is 11.2. The first-order chi connectivity index (χ1) is 7.83. The fourth-order valence-corrected chi connectivity index (χ4v) is 2.34. The van der Waals surface area contributed by atoms with E-state index in [1.54, 1.807) is 12.1 Å². The van der Waals surface area contributed by atoms with Crippen molar-refractivity contribution in [3.63, 3.8) is 0 Å². The summed E-state index contributed by atoms with van der Waals surface area (Å²) in [4.78, 5) is 11.0. The molecule has 4 nitrogen and oxygen atoms in total. The Kier molecular flexibility index (Phi) is 4.68. The zero-order chi connectivity index (χ0) is 13.1. The molecule has 0 aliphatic rings. The van der Waals surface area contributed by atoms with Gasteiger partial charge in [0.25, 0.3) is 0 Å². The van der Waals surface area contributed by atoms with Crippen LogP contribution in [0.15, 0.2) is 29.2 Å². The number of sulfonamides is 1. The SMILES string of the molecule is CC(=O)[C@H](Cl)CNS(=O)(=O)c1ccc(C)cc1. The molecule has 1 aromatic carbocycles. The van der Waals surface area contributed by atoms with Crippen LogP contribution >= 0.6 is 11.6 Å². The van der Waals surface area contributed by atoms with E-state index in [2.05, 4.69) is 4.72 Å². The summed E-state index contributed by atoms with van der Waals surface area (Å²) in [5.41, 5.74) is 0.975. The van der Waals surface area contributed by atoms with Gasteiger partial charge in [0, 0.05) is 6.54 Å². The van der Waals surface area contributed by atoms with Gasteiger partial charge in [0.15, 0.2) is 0 Å². The Hall–Kier alpha value is -0.910. The van der Waals surface area contributed by atoms with Crippen LogP contribution in [0.4, 0.5) is 0 Å². The maximum absolute atomic E-state index is 11.8. The van der Waals surface area contributed by atoms with E-state index >= 15 is 0 Å². The lowest BCUT2D eigenvalue weighted by molar-refractivity contribution is -0.116. The van der Waals surface area contributed by atoms with Crippen LogP contribution in [0.25, 0.3) is 0 Å². The number of Topliss-reactive ketones (excluding diaryl/α,β-unsaturated/α-hetero) is 1. The predicted molar refractivity (Wildman–Crippen MR) is 66.7 cm³/mol. The third kappa shape index (κ3) is 4.11. The maximum atomic E-state index is 11.8. The molecule has 1 aromatic rings. The molecule has 0 aromatic heterocycles. The normalized spacial score (nSPS) is 13.4. The molecule has 0 spiro atoms. The van der Waals surface area contributed by atoms with Gasteiger partial charge in [-0.3, -0.25) is 4.79 Å². The quantitative estimate of drug-likeness (QED) is 0.828. The number of carbonyl (C=O) groups is 1. The molecule has 0 fully saturated rings. The van der Waals surface area contributed by atoms with E-state index < -0.39 is 15.4 Å². The summed E-state index contributed by atoms with van der Waals surface area (Å²) in [7, 11) is -3.59. The van der Waals surface area contributed by atoms with Crippen molar-refractivity contribution in [2.24, 2.45) is 0 Å². The molecule has 6 heteroatoms. The summed E-state index contributed by atoms with van der Waals surface area (Å²) in [6, 6.07) is 6.43. The largest absolute Gasteiger partial charge is 0.298 e. The highest BCUT2D eigenvalue weighted by Gasteiger charge is 2.17. The van der Waals surface area contributed by atoms with Crippen LogP contribution in [0.2, 0.25) is 0 Å². The van der Waals surface area contributed by atoms with Gasteiger partial charge in [-0.2, -0.15) is 0 Å². The van der Waals surface area contributed by atoms with Gasteiger partial charge in [-0.05, 0) is 26.0 Å².